The Morgan fingerprint density at radius 3 is 2.21 bits per heavy atom. The van der Waals surface area contributed by atoms with Crippen LogP contribution < -0.4 is 5.32 Å². The molecule has 0 aliphatic carbocycles. The van der Waals surface area contributed by atoms with E-state index in [0.29, 0.717) is 5.69 Å². The summed E-state index contributed by atoms with van der Waals surface area (Å²) in [4.78, 5) is 33.7. The molecule has 0 spiro atoms. The van der Waals surface area contributed by atoms with E-state index in [0.717, 1.165) is 0 Å². The van der Waals surface area contributed by atoms with Crippen LogP contribution in [0.1, 0.15) is 10.4 Å². The molecular formula is C15H10Cl2N2O5. The fraction of sp³-hybridized carbons (Fsp3) is 0.0667. The lowest BCUT2D eigenvalue weighted by atomic mass is 10.2. The number of amides is 1. The molecule has 0 heterocycles. The lowest BCUT2D eigenvalue weighted by Crippen LogP contribution is -2.21. The van der Waals surface area contributed by atoms with E-state index in [1.807, 2.05) is 0 Å². The van der Waals surface area contributed by atoms with E-state index < -0.39 is 23.4 Å². The van der Waals surface area contributed by atoms with Gasteiger partial charge in [-0.1, -0.05) is 29.3 Å². The highest BCUT2D eigenvalue weighted by molar-refractivity contribution is 6.39. The number of non-ortho nitro benzene ring substituents is 1. The number of ether oxygens (including phenoxy) is 1. The summed E-state index contributed by atoms with van der Waals surface area (Å²) < 4.78 is 4.86. The number of hydrogen-bond donors (Lipinski definition) is 1. The van der Waals surface area contributed by atoms with Crippen molar-refractivity contribution in [3.8, 4) is 0 Å². The molecule has 9 heteroatoms. The average Bonchev–Trinajstić information content (AvgIpc) is 2.53. The maximum atomic E-state index is 11.9. The molecule has 0 radical (unpaired) electrons. The average molecular weight is 369 g/mol. The fourth-order valence-corrected chi connectivity index (χ4v) is 2.31. The molecule has 24 heavy (non-hydrogen) atoms. The van der Waals surface area contributed by atoms with E-state index >= 15 is 0 Å². The van der Waals surface area contributed by atoms with Crippen LogP contribution in [0.25, 0.3) is 0 Å². The van der Waals surface area contributed by atoms with Crippen molar-refractivity contribution in [2.45, 2.75) is 0 Å². The highest BCUT2D eigenvalue weighted by atomic mass is 35.5. The summed E-state index contributed by atoms with van der Waals surface area (Å²) in [7, 11) is 0. The van der Waals surface area contributed by atoms with E-state index in [1.165, 1.54) is 36.4 Å². The zero-order valence-corrected chi connectivity index (χ0v) is 13.5. The predicted octanol–water partition coefficient (Wildman–Crippen LogP) is 3.70. The number of carbonyl (C=O) groups is 2. The van der Waals surface area contributed by atoms with Gasteiger partial charge in [-0.15, -0.1) is 0 Å². The first-order chi connectivity index (χ1) is 11.4. The molecule has 0 unspecified atom stereocenters. The number of hydrogen-bond acceptors (Lipinski definition) is 5. The minimum Gasteiger partial charge on any atom is -0.452 e. The molecule has 0 atom stereocenters. The van der Waals surface area contributed by atoms with Crippen LogP contribution in [-0.2, 0) is 9.53 Å². The van der Waals surface area contributed by atoms with Gasteiger partial charge in [0.15, 0.2) is 6.61 Å². The monoisotopic (exact) mass is 368 g/mol. The number of nitrogens with zero attached hydrogens (tertiary/aromatic N) is 1. The van der Waals surface area contributed by atoms with Gasteiger partial charge in [-0.3, -0.25) is 14.9 Å². The van der Waals surface area contributed by atoms with Crippen LogP contribution in [0, 0.1) is 10.1 Å². The van der Waals surface area contributed by atoms with Crippen molar-refractivity contribution in [3.05, 3.63) is 68.2 Å². The number of nitro benzene ring substituents is 1. The van der Waals surface area contributed by atoms with Crippen LogP contribution in [0.5, 0.6) is 0 Å². The minimum atomic E-state index is -0.829. The summed E-state index contributed by atoms with van der Waals surface area (Å²) in [6.07, 6.45) is 0. The van der Waals surface area contributed by atoms with Crippen molar-refractivity contribution in [3.63, 3.8) is 0 Å². The number of benzene rings is 2. The summed E-state index contributed by atoms with van der Waals surface area (Å²) in [5.41, 5.74) is 0.203. The second kappa shape index (κ2) is 7.76. The zero-order valence-electron chi connectivity index (χ0n) is 12.0. The Morgan fingerprint density at radius 2 is 1.67 bits per heavy atom. The van der Waals surface area contributed by atoms with Crippen molar-refractivity contribution in [2.24, 2.45) is 0 Å². The van der Waals surface area contributed by atoms with Crippen LogP contribution >= 0.6 is 23.2 Å². The molecule has 0 saturated carbocycles. The number of anilines is 1. The largest absolute Gasteiger partial charge is 0.452 e. The van der Waals surface area contributed by atoms with Crippen molar-refractivity contribution in [1.29, 1.82) is 0 Å². The number of esters is 1. The fourth-order valence-electron chi connectivity index (χ4n) is 1.76. The third-order valence-corrected chi connectivity index (χ3v) is 3.49. The molecule has 0 bridgehead atoms. The lowest BCUT2D eigenvalue weighted by molar-refractivity contribution is -0.384. The molecule has 1 amide bonds. The van der Waals surface area contributed by atoms with E-state index in [4.69, 9.17) is 27.9 Å². The van der Waals surface area contributed by atoms with Gasteiger partial charge in [0.25, 0.3) is 11.6 Å². The van der Waals surface area contributed by atoms with Gasteiger partial charge in [0.2, 0.25) is 0 Å². The van der Waals surface area contributed by atoms with Gasteiger partial charge >= 0.3 is 5.97 Å². The third kappa shape index (κ3) is 4.43. The second-order valence-corrected chi connectivity index (χ2v) is 5.34. The van der Waals surface area contributed by atoms with Gasteiger partial charge in [0.1, 0.15) is 0 Å². The molecule has 0 aliphatic heterocycles. The van der Waals surface area contributed by atoms with Crippen molar-refractivity contribution < 1.29 is 19.2 Å². The third-order valence-electron chi connectivity index (χ3n) is 2.86. The molecule has 0 aliphatic rings. The Bertz CT molecular complexity index is 773. The van der Waals surface area contributed by atoms with Crippen LogP contribution in [0.15, 0.2) is 42.5 Å². The second-order valence-electron chi connectivity index (χ2n) is 4.52. The molecule has 1 N–H and O–H groups in total. The van der Waals surface area contributed by atoms with E-state index in [2.05, 4.69) is 5.32 Å². The SMILES string of the molecule is O=C(COC(=O)c1c(Cl)cccc1Cl)Nc1ccc([N+](=O)[O-])cc1. The molecule has 124 valence electrons. The van der Waals surface area contributed by atoms with Crippen molar-refractivity contribution >= 4 is 46.5 Å². The molecule has 2 rings (SSSR count). The molecule has 2 aromatic rings. The van der Waals surface area contributed by atoms with E-state index in [-0.39, 0.29) is 21.3 Å². The van der Waals surface area contributed by atoms with Gasteiger partial charge in [-0.25, -0.2) is 4.79 Å². The maximum Gasteiger partial charge on any atom is 0.341 e. The summed E-state index contributed by atoms with van der Waals surface area (Å²) >= 11 is 11.7. The predicted molar refractivity (Wildman–Crippen MR) is 88.5 cm³/mol. The van der Waals surface area contributed by atoms with Crippen LogP contribution in [0.4, 0.5) is 11.4 Å². The number of halogens is 2. The molecule has 0 fully saturated rings. The number of carbonyl (C=O) groups excluding carboxylic acids is 2. The summed E-state index contributed by atoms with van der Waals surface area (Å²) in [5.74, 6) is -1.44. The van der Waals surface area contributed by atoms with Crippen LogP contribution in [0.2, 0.25) is 10.0 Å². The zero-order chi connectivity index (χ0) is 17.7. The topological polar surface area (TPSA) is 98.5 Å². The summed E-state index contributed by atoms with van der Waals surface area (Å²) in [6, 6.07) is 9.73. The molecule has 0 saturated heterocycles. The highest BCUT2D eigenvalue weighted by Crippen LogP contribution is 2.25. The number of nitro groups is 1. The number of nitrogens with one attached hydrogen (secondary N) is 1. The van der Waals surface area contributed by atoms with Gasteiger partial charge in [0, 0.05) is 17.8 Å². The molecule has 2 aromatic carbocycles. The number of rotatable bonds is 5. The van der Waals surface area contributed by atoms with E-state index in [9.17, 15) is 19.7 Å². The maximum absolute atomic E-state index is 11.9. The Kier molecular flexibility index (Phi) is 5.73. The minimum absolute atomic E-state index is 0.0241. The Balaban J connectivity index is 1.93. The van der Waals surface area contributed by atoms with Gasteiger partial charge in [-0.2, -0.15) is 0 Å². The summed E-state index contributed by atoms with van der Waals surface area (Å²) in [6.45, 7) is -0.558. The normalized spacial score (nSPS) is 10.1. The Hall–Kier alpha value is -2.64. The smallest absolute Gasteiger partial charge is 0.341 e. The van der Waals surface area contributed by atoms with Crippen molar-refractivity contribution in [2.75, 3.05) is 11.9 Å². The lowest BCUT2D eigenvalue weighted by Gasteiger charge is -2.08. The van der Waals surface area contributed by atoms with Crippen LogP contribution in [-0.4, -0.2) is 23.4 Å². The van der Waals surface area contributed by atoms with E-state index in [1.54, 1.807) is 6.07 Å². The van der Waals surface area contributed by atoms with Crippen molar-refractivity contribution in [1.82, 2.24) is 0 Å². The van der Waals surface area contributed by atoms with Gasteiger partial charge in [0.05, 0.1) is 20.5 Å². The highest BCUT2D eigenvalue weighted by Gasteiger charge is 2.17. The standard InChI is InChI=1S/C15H10Cl2N2O5/c16-11-2-1-3-12(17)14(11)15(21)24-8-13(20)18-9-4-6-10(7-5-9)19(22)23/h1-7H,8H2,(H,18,20). The first-order valence-electron chi connectivity index (χ1n) is 6.54. The first-order valence-corrected chi connectivity index (χ1v) is 7.29. The summed E-state index contributed by atoms with van der Waals surface area (Å²) in [5, 5.41) is 13.2. The Morgan fingerprint density at radius 1 is 1.08 bits per heavy atom. The quantitative estimate of drug-likeness (QED) is 0.492. The molecular weight excluding hydrogens is 359 g/mol. The van der Waals surface area contributed by atoms with Crippen LogP contribution in [0.3, 0.4) is 0 Å². The van der Waals surface area contributed by atoms with Gasteiger partial charge in [-0.05, 0) is 24.3 Å². The molecule has 0 aromatic heterocycles. The Labute approximate surface area is 146 Å². The molecule has 7 nitrogen and oxygen atoms in total. The first kappa shape index (κ1) is 17.7. The van der Waals surface area contributed by atoms with Gasteiger partial charge < -0.3 is 10.1 Å².